The van der Waals surface area contributed by atoms with Crippen LogP contribution in [0, 0.1) is 0 Å². The molecular weight excluding hydrogens is 140 g/mol. The second-order valence-corrected chi connectivity index (χ2v) is 2.08. The fourth-order valence-electron chi connectivity index (χ4n) is 0.687. The maximum atomic E-state index is 5.29. The molecule has 3 heteroatoms. The molecule has 0 aliphatic carbocycles. The fraction of sp³-hybridized carbons (Fsp3) is 0.375. The van der Waals surface area contributed by atoms with Gasteiger partial charge in [0, 0.05) is 6.20 Å². The van der Waals surface area contributed by atoms with Gasteiger partial charge in [-0.1, -0.05) is 0 Å². The maximum absolute atomic E-state index is 5.29. The minimum atomic E-state index is 0.627. The summed E-state index contributed by atoms with van der Waals surface area (Å²) in [5.74, 6) is 0.802. The summed E-state index contributed by atoms with van der Waals surface area (Å²) < 4.78 is 5.29. The zero-order chi connectivity index (χ0) is 7.94. The van der Waals surface area contributed by atoms with E-state index in [0.29, 0.717) is 6.61 Å². The Morgan fingerprint density at radius 2 is 2.55 bits per heavy atom. The van der Waals surface area contributed by atoms with Crippen molar-refractivity contribution in [1.29, 1.82) is 0 Å². The van der Waals surface area contributed by atoms with E-state index in [1.807, 2.05) is 12.1 Å². The summed E-state index contributed by atoms with van der Waals surface area (Å²) in [5, 5.41) is 3.91. The Bertz CT molecular complexity index is 189. The fourth-order valence-corrected chi connectivity index (χ4v) is 0.687. The highest BCUT2D eigenvalue weighted by molar-refractivity contribution is 5.15. The highest BCUT2D eigenvalue weighted by Crippen LogP contribution is 2.05. The lowest BCUT2D eigenvalue weighted by atomic mass is 10.5. The van der Waals surface area contributed by atoms with Gasteiger partial charge in [-0.25, -0.2) is 0 Å². The lowest BCUT2D eigenvalue weighted by Crippen LogP contribution is -2.01. The zero-order valence-corrected chi connectivity index (χ0v) is 6.53. The number of nitrogens with zero attached hydrogens (tertiary/aromatic N) is 2. The molecule has 1 rings (SSSR count). The molecule has 60 valence electrons. The molecule has 0 bridgehead atoms. The van der Waals surface area contributed by atoms with Crippen LogP contribution >= 0.6 is 0 Å². The molecule has 3 nitrogen and oxygen atoms in total. The molecule has 1 aromatic rings. The first-order valence-corrected chi connectivity index (χ1v) is 3.52. The van der Waals surface area contributed by atoms with Crippen LogP contribution in [0.1, 0.15) is 0 Å². The smallest absolute Gasteiger partial charge is 0.137 e. The van der Waals surface area contributed by atoms with Crippen LogP contribution in [-0.2, 0) is 0 Å². The van der Waals surface area contributed by atoms with E-state index in [0.717, 1.165) is 12.3 Å². The molecule has 0 atom stereocenters. The molecule has 0 spiro atoms. The molecule has 0 fully saturated rings. The van der Waals surface area contributed by atoms with E-state index in [1.54, 1.807) is 19.4 Å². The average molecular weight is 151 g/mol. The first-order valence-electron chi connectivity index (χ1n) is 3.52. The predicted molar refractivity (Wildman–Crippen MR) is 43.9 cm³/mol. The molecule has 1 aromatic heterocycles. The predicted octanol–water partition coefficient (Wildman–Crippen LogP) is 1.46. The van der Waals surface area contributed by atoms with E-state index >= 15 is 0 Å². The summed E-state index contributed by atoms with van der Waals surface area (Å²) in [6.45, 7) is 1.36. The van der Waals surface area contributed by atoms with E-state index < -0.39 is 0 Å². The monoisotopic (exact) mass is 151 g/mol. The van der Waals surface area contributed by atoms with Gasteiger partial charge in [0.1, 0.15) is 5.75 Å². The first-order chi connectivity index (χ1) is 5.43. The Kier molecular flexibility index (Phi) is 3.41. The number of rotatable bonds is 4. The Hall–Kier alpha value is -1.09. The second-order valence-electron chi connectivity index (χ2n) is 2.08. The molecule has 0 aliphatic rings. The van der Waals surface area contributed by atoms with Gasteiger partial charge in [0.25, 0.3) is 0 Å². The van der Waals surface area contributed by atoms with Crippen molar-refractivity contribution in [2.24, 2.45) is 0 Å². The summed E-state index contributed by atoms with van der Waals surface area (Å²) >= 11 is 0. The van der Waals surface area contributed by atoms with Gasteiger partial charge in [-0.2, -0.15) is 7.05 Å². The quantitative estimate of drug-likeness (QED) is 0.611. The Labute approximate surface area is 66.4 Å². The van der Waals surface area contributed by atoms with Crippen LogP contribution in [0.4, 0.5) is 0 Å². The Balaban J connectivity index is 2.28. The van der Waals surface area contributed by atoms with E-state index in [4.69, 9.17) is 4.74 Å². The van der Waals surface area contributed by atoms with Crippen LogP contribution in [0.3, 0.4) is 0 Å². The number of hydrogen-bond donors (Lipinski definition) is 0. The zero-order valence-electron chi connectivity index (χ0n) is 6.53. The van der Waals surface area contributed by atoms with E-state index in [-0.39, 0.29) is 0 Å². The van der Waals surface area contributed by atoms with E-state index in [2.05, 4.69) is 10.3 Å². The van der Waals surface area contributed by atoms with Crippen LogP contribution in [0.25, 0.3) is 5.32 Å². The van der Waals surface area contributed by atoms with E-state index in [1.165, 1.54) is 0 Å². The largest absolute Gasteiger partial charge is 0.662 e. The van der Waals surface area contributed by atoms with Crippen LogP contribution < -0.4 is 4.74 Å². The van der Waals surface area contributed by atoms with Gasteiger partial charge in [0.15, 0.2) is 0 Å². The standard InChI is InChI=1S/C8H11N2O/c1-9-5-6-11-8-3-2-4-10-7-8/h2-4,7H,5-6H2,1H3/q-1. The summed E-state index contributed by atoms with van der Waals surface area (Å²) in [6.07, 6.45) is 3.41. The third kappa shape index (κ3) is 3.00. The summed E-state index contributed by atoms with van der Waals surface area (Å²) in [5.41, 5.74) is 0. The highest BCUT2D eigenvalue weighted by Gasteiger charge is 1.86. The van der Waals surface area contributed by atoms with Crippen molar-refractivity contribution in [2.75, 3.05) is 20.2 Å². The number of likely N-dealkylation sites (N-methyl/N-ethyl adjacent to an activating group) is 1. The van der Waals surface area contributed by atoms with Crippen LogP contribution in [-0.4, -0.2) is 25.2 Å². The number of aromatic nitrogens is 1. The SMILES string of the molecule is C[N-]CCOc1cccnc1. The summed E-state index contributed by atoms with van der Waals surface area (Å²) in [6, 6.07) is 3.72. The minimum absolute atomic E-state index is 0.627. The second kappa shape index (κ2) is 4.68. The van der Waals surface area contributed by atoms with Crippen molar-refractivity contribution in [3.8, 4) is 5.75 Å². The summed E-state index contributed by atoms with van der Waals surface area (Å²) in [7, 11) is 1.77. The number of hydrogen-bond acceptors (Lipinski definition) is 2. The van der Waals surface area contributed by atoms with Crippen molar-refractivity contribution >= 4 is 0 Å². The lowest BCUT2D eigenvalue weighted by Gasteiger charge is -2.11. The third-order valence-electron chi connectivity index (χ3n) is 1.22. The Morgan fingerprint density at radius 3 is 3.18 bits per heavy atom. The van der Waals surface area contributed by atoms with Crippen molar-refractivity contribution < 1.29 is 4.74 Å². The van der Waals surface area contributed by atoms with Gasteiger partial charge in [-0.05, 0) is 12.1 Å². The summed E-state index contributed by atoms with van der Waals surface area (Å²) in [4.78, 5) is 3.91. The average Bonchev–Trinajstić information content (AvgIpc) is 2.07. The number of pyridine rings is 1. The van der Waals surface area contributed by atoms with Gasteiger partial charge < -0.3 is 10.1 Å². The molecule has 0 aliphatic heterocycles. The molecule has 0 N–H and O–H groups in total. The van der Waals surface area contributed by atoms with Crippen molar-refractivity contribution in [2.45, 2.75) is 0 Å². The van der Waals surface area contributed by atoms with Gasteiger partial charge in [0.2, 0.25) is 0 Å². The van der Waals surface area contributed by atoms with E-state index in [9.17, 15) is 0 Å². The van der Waals surface area contributed by atoms with Gasteiger partial charge in [0.05, 0.1) is 12.8 Å². The maximum Gasteiger partial charge on any atom is 0.137 e. The van der Waals surface area contributed by atoms with Crippen molar-refractivity contribution in [1.82, 2.24) is 4.98 Å². The molecule has 0 aromatic carbocycles. The van der Waals surface area contributed by atoms with Crippen molar-refractivity contribution in [3.63, 3.8) is 0 Å². The van der Waals surface area contributed by atoms with Crippen LogP contribution in [0.2, 0.25) is 0 Å². The third-order valence-corrected chi connectivity index (χ3v) is 1.22. The first kappa shape index (κ1) is 8.01. The highest BCUT2D eigenvalue weighted by atomic mass is 16.5. The molecule has 1 heterocycles. The van der Waals surface area contributed by atoms with Gasteiger partial charge >= 0.3 is 0 Å². The lowest BCUT2D eigenvalue weighted by molar-refractivity contribution is 0.333. The molecule has 0 saturated carbocycles. The Morgan fingerprint density at radius 1 is 1.64 bits per heavy atom. The molecule has 0 radical (unpaired) electrons. The van der Waals surface area contributed by atoms with Gasteiger partial charge in [-0.3, -0.25) is 4.98 Å². The molecule has 0 saturated heterocycles. The van der Waals surface area contributed by atoms with Crippen LogP contribution in [0.5, 0.6) is 5.75 Å². The molecular formula is C8H11N2O-. The van der Waals surface area contributed by atoms with Crippen LogP contribution in [0.15, 0.2) is 24.5 Å². The minimum Gasteiger partial charge on any atom is -0.662 e. The molecule has 11 heavy (non-hydrogen) atoms. The molecule has 0 amide bonds. The normalized spacial score (nSPS) is 9.55. The van der Waals surface area contributed by atoms with Gasteiger partial charge in [-0.15, -0.1) is 6.54 Å². The number of ether oxygens (including phenoxy) is 1. The topological polar surface area (TPSA) is 36.2 Å². The van der Waals surface area contributed by atoms with Crippen molar-refractivity contribution in [3.05, 3.63) is 29.8 Å². The molecule has 0 unspecified atom stereocenters.